The Hall–Kier alpha value is -2.12. The molecule has 4 rings (SSSR count). The Kier molecular flexibility index (Phi) is 7.45. The number of aryl methyl sites for hydroxylation is 1. The van der Waals surface area contributed by atoms with E-state index in [1.807, 2.05) is 30.0 Å². The maximum atomic E-state index is 13.1. The normalized spacial score (nSPS) is 14.6. The lowest BCUT2D eigenvalue weighted by molar-refractivity contribution is -0.116. The molecule has 1 amide bonds. The van der Waals surface area contributed by atoms with Crippen molar-refractivity contribution in [1.82, 2.24) is 14.8 Å². The van der Waals surface area contributed by atoms with Gasteiger partial charge in [-0.1, -0.05) is 55.3 Å². The zero-order chi connectivity index (χ0) is 21.6. The Balaban J connectivity index is 1.52. The summed E-state index contributed by atoms with van der Waals surface area (Å²) in [5.41, 5.74) is 2.11. The molecule has 164 valence electrons. The van der Waals surface area contributed by atoms with Crippen molar-refractivity contribution in [2.24, 2.45) is 0 Å². The van der Waals surface area contributed by atoms with Gasteiger partial charge in [0.1, 0.15) is 5.82 Å². The van der Waals surface area contributed by atoms with Crippen LogP contribution >= 0.6 is 23.1 Å². The van der Waals surface area contributed by atoms with Crippen molar-refractivity contribution in [1.29, 1.82) is 0 Å². The van der Waals surface area contributed by atoms with Crippen molar-refractivity contribution >= 4 is 34.7 Å². The van der Waals surface area contributed by atoms with Gasteiger partial charge < -0.3 is 9.47 Å². The molecule has 1 fully saturated rings. The zero-order valence-corrected chi connectivity index (χ0v) is 19.9. The van der Waals surface area contributed by atoms with Gasteiger partial charge in [-0.2, -0.15) is 0 Å². The van der Waals surface area contributed by atoms with Gasteiger partial charge in [-0.05, 0) is 49.8 Å². The van der Waals surface area contributed by atoms with Crippen LogP contribution in [-0.4, -0.2) is 33.0 Å². The van der Waals surface area contributed by atoms with E-state index < -0.39 is 0 Å². The topological polar surface area (TPSA) is 51.0 Å². The number of carbonyl (C=O) groups is 1. The third-order valence-corrected chi connectivity index (χ3v) is 7.74. The molecule has 3 aromatic rings. The molecule has 0 spiro atoms. The number of amides is 1. The molecule has 0 unspecified atom stereocenters. The average Bonchev–Trinajstić information content (AvgIpc) is 3.45. The lowest BCUT2D eigenvalue weighted by Crippen LogP contribution is -2.32. The van der Waals surface area contributed by atoms with E-state index in [-0.39, 0.29) is 5.91 Å². The summed E-state index contributed by atoms with van der Waals surface area (Å²) >= 11 is 3.29. The first kappa shape index (κ1) is 22.1. The number of benzene rings is 1. The van der Waals surface area contributed by atoms with Crippen LogP contribution in [0.3, 0.4) is 0 Å². The molecule has 0 radical (unpaired) electrons. The summed E-state index contributed by atoms with van der Waals surface area (Å²) in [4.78, 5) is 16.3. The SMILES string of the molecule is CCN(C(=O)CSc1nnc(Cc2cccs2)n1C1CCCCC1)c1ccccc1C. The van der Waals surface area contributed by atoms with Gasteiger partial charge in [0.05, 0.1) is 5.75 Å². The van der Waals surface area contributed by atoms with Crippen molar-refractivity contribution in [2.75, 3.05) is 17.2 Å². The van der Waals surface area contributed by atoms with Gasteiger partial charge in [-0.3, -0.25) is 4.79 Å². The molecule has 2 heterocycles. The van der Waals surface area contributed by atoms with E-state index in [4.69, 9.17) is 0 Å². The van der Waals surface area contributed by atoms with Gasteiger partial charge in [0.25, 0.3) is 0 Å². The number of thioether (sulfide) groups is 1. The number of carbonyl (C=O) groups excluding carboxylic acids is 1. The second-order valence-electron chi connectivity index (χ2n) is 8.03. The third-order valence-electron chi connectivity index (χ3n) is 5.94. The molecule has 2 aromatic heterocycles. The van der Waals surface area contributed by atoms with E-state index in [0.717, 1.165) is 28.7 Å². The first-order valence-electron chi connectivity index (χ1n) is 11.1. The summed E-state index contributed by atoms with van der Waals surface area (Å²) < 4.78 is 2.33. The summed E-state index contributed by atoms with van der Waals surface area (Å²) in [5, 5.41) is 12.1. The number of hydrogen-bond acceptors (Lipinski definition) is 5. The second-order valence-corrected chi connectivity index (χ2v) is 10.0. The smallest absolute Gasteiger partial charge is 0.237 e. The van der Waals surface area contributed by atoms with Crippen LogP contribution in [0.4, 0.5) is 5.69 Å². The minimum Gasteiger partial charge on any atom is -0.312 e. The molecular weight excluding hydrogens is 424 g/mol. The molecule has 1 aliphatic carbocycles. The standard InChI is InChI=1S/C24H30N4OS2/c1-3-27(21-14-8-7-10-18(21)2)23(29)17-31-24-26-25-22(16-20-13-9-15-30-20)28(24)19-11-5-4-6-12-19/h7-10,13-15,19H,3-6,11-12,16-17H2,1-2H3. The van der Waals surface area contributed by atoms with E-state index in [1.165, 1.54) is 48.7 Å². The fraction of sp³-hybridized carbons (Fsp3) is 0.458. The van der Waals surface area contributed by atoms with E-state index in [2.05, 4.69) is 45.3 Å². The minimum atomic E-state index is 0.111. The predicted molar refractivity (Wildman–Crippen MR) is 129 cm³/mol. The van der Waals surface area contributed by atoms with Crippen molar-refractivity contribution < 1.29 is 4.79 Å². The molecule has 7 heteroatoms. The lowest BCUT2D eigenvalue weighted by Gasteiger charge is -2.26. The second kappa shape index (κ2) is 10.5. The van der Waals surface area contributed by atoms with Crippen molar-refractivity contribution in [3.63, 3.8) is 0 Å². The Morgan fingerprint density at radius 3 is 2.68 bits per heavy atom. The number of aromatic nitrogens is 3. The summed E-state index contributed by atoms with van der Waals surface area (Å²) in [5.74, 6) is 1.50. The highest BCUT2D eigenvalue weighted by molar-refractivity contribution is 7.99. The molecule has 0 saturated heterocycles. The van der Waals surface area contributed by atoms with Gasteiger partial charge in [0.2, 0.25) is 5.91 Å². The van der Waals surface area contributed by atoms with E-state index in [1.54, 1.807) is 11.3 Å². The van der Waals surface area contributed by atoms with Crippen molar-refractivity contribution in [2.45, 2.75) is 63.6 Å². The molecule has 31 heavy (non-hydrogen) atoms. The zero-order valence-electron chi connectivity index (χ0n) is 18.3. The fourth-order valence-electron chi connectivity index (χ4n) is 4.35. The minimum absolute atomic E-state index is 0.111. The number of hydrogen-bond donors (Lipinski definition) is 0. The molecule has 0 aliphatic heterocycles. The van der Waals surface area contributed by atoms with Crippen LogP contribution in [0.15, 0.2) is 46.9 Å². The summed E-state index contributed by atoms with van der Waals surface area (Å²) in [7, 11) is 0. The van der Waals surface area contributed by atoms with Crippen LogP contribution < -0.4 is 4.90 Å². The monoisotopic (exact) mass is 454 g/mol. The van der Waals surface area contributed by atoms with Crippen LogP contribution in [0.2, 0.25) is 0 Å². The number of thiophene rings is 1. The number of anilines is 1. The van der Waals surface area contributed by atoms with Gasteiger partial charge in [0.15, 0.2) is 5.16 Å². The summed E-state index contributed by atoms with van der Waals surface area (Å²) in [6.45, 7) is 4.73. The Morgan fingerprint density at radius 2 is 1.97 bits per heavy atom. The first-order valence-corrected chi connectivity index (χ1v) is 13.0. The highest BCUT2D eigenvalue weighted by Crippen LogP contribution is 2.34. The molecule has 0 atom stereocenters. The summed E-state index contributed by atoms with van der Waals surface area (Å²) in [6, 6.07) is 12.7. The van der Waals surface area contributed by atoms with Crippen molar-refractivity contribution in [3.05, 3.63) is 58.0 Å². The van der Waals surface area contributed by atoms with Crippen LogP contribution in [0.1, 0.15) is 61.3 Å². The molecule has 0 bridgehead atoms. The largest absolute Gasteiger partial charge is 0.312 e. The van der Waals surface area contributed by atoms with Gasteiger partial charge in [-0.25, -0.2) is 0 Å². The molecule has 1 saturated carbocycles. The molecule has 1 aromatic carbocycles. The lowest BCUT2D eigenvalue weighted by atomic mass is 9.95. The maximum absolute atomic E-state index is 13.1. The van der Waals surface area contributed by atoms with E-state index >= 15 is 0 Å². The van der Waals surface area contributed by atoms with Crippen LogP contribution in [0.25, 0.3) is 0 Å². The highest BCUT2D eigenvalue weighted by atomic mass is 32.2. The number of rotatable bonds is 8. The predicted octanol–water partition coefficient (Wildman–Crippen LogP) is 5.89. The molecular formula is C24H30N4OS2. The molecule has 1 aliphatic rings. The van der Waals surface area contributed by atoms with Gasteiger partial charge in [-0.15, -0.1) is 21.5 Å². The molecule has 5 nitrogen and oxygen atoms in total. The maximum Gasteiger partial charge on any atom is 0.237 e. The summed E-state index contributed by atoms with van der Waals surface area (Å²) in [6.07, 6.45) is 6.95. The number of para-hydroxylation sites is 1. The van der Waals surface area contributed by atoms with Gasteiger partial charge in [0, 0.05) is 29.6 Å². The third kappa shape index (κ3) is 5.21. The van der Waals surface area contributed by atoms with Crippen molar-refractivity contribution in [3.8, 4) is 0 Å². The fourth-order valence-corrected chi connectivity index (χ4v) is 5.95. The van der Waals surface area contributed by atoms with Gasteiger partial charge >= 0.3 is 0 Å². The number of nitrogens with zero attached hydrogens (tertiary/aromatic N) is 4. The van der Waals surface area contributed by atoms with Crippen LogP contribution in [0.5, 0.6) is 0 Å². The average molecular weight is 455 g/mol. The Bertz CT molecular complexity index is 993. The Labute approximate surface area is 192 Å². The van der Waals surface area contributed by atoms with Crippen LogP contribution in [0, 0.1) is 6.92 Å². The van der Waals surface area contributed by atoms with E-state index in [9.17, 15) is 4.79 Å². The quantitative estimate of drug-likeness (QED) is 0.398. The van der Waals surface area contributed by atoms with Crippen LogP contribution in [-0.2, 0) is 11.2 Å². The molecule has 0 N–H and O–H groups in total. The highest BCUT2D eigenvalue weighted by Gasteiger charge is 2.24. The first-order chi connectivity index (χ1) is 15.2. The Morgan fingerprint density at radius 1 is 1.16 bits per heavy atom. The van der Waals surface area contributed by atoms with E-state index in [0.29, 0.717) is 18.3 Å².